The maximum absolute atomic E-state index is 4.26. The molecule has 2 heterocycles. The quantitative estimate of drug-likeness (QED) is 0.406. The molecule has 0 fully saturated rings. The van der Waals surface area contributed by atoms with Gasteiger partial charge >= 0.3 is 0 Å². The molecule has 0 bridgehead atoms. The molecule has 0 atom stereocenters. The summed E-state index contributed by atoms with van der Waals surface area (Å²) >= 11 is 2.05. The van der Waals surface area contributed by atoms with Gasteiger partial charge in [0.2, 0.25) is 0 Å². The van der Waals surface area contributed by atoms with Crippen molar-refractivity contribution in [2.75, 3.05) is 0 Å². The topological polar surface area (TPSA) is 30.2 Å². The van der Waals surface area contributed by atoms with Crippen molar-refractivity contribution in [3.63, 3.8) is 0 Å². The minimum absolute atomic E-state index is 0.988. The maximum Gasteiger partial charge on any atom is 0.292 e. The van der Waals surface area contributed by atoms with Crippen molar-refractivity contribution in [1.29, 1.82) is 0 Å². The standard InChI is InChI=1S/C6H3N3.2Al.4H/c1-2-6-7-4-5-9(6)8-3-1;;;;;;/h2-4H;;;;;;. The molecule has 0 N–H and O–H groups in total. The highest BCUT2D eigenvalue weighted by atomic mass is 27.1. The lowest BCUT2D eigenvalue weighted by atomic mass is 10.5. The highest BCUT2D eigenvalue weighted by molar-refractivity contribution is 6.33. The lowest BCUT2D eigenvalue weighted by Gasteiger charge is -1.95. The number of rotatable bonds is 0. The van der Waals surface area contributed by atoms with Crippen LogP contribution in [0.25, 0.3) is 5.65 Å². The van der Waals surface area contributed by atoms with Crippen LogP contribution in [0.3, 0.4) is 0 Å². The van der Waals surface area contributed by atoms with Crippen LogP contribution in [0.2, 0.25) is 0 Å². The number of hydrogen-bond donors (Lipinski definition) is 0. The van der Waals surface area contributed by atoms with Crippen LogP contribution >= 0.6 is 0 Å². The molecule has 2 aromatic rings. The Morgan fingerprint density at radius 2 is 2.09 bits per heavy atom. The molecule has 0 saturated carbocycles. The third-order valence-electron chi connectivity index (χ3n) is 1.67. The SMILES string of the molecule is [AlH2][c]1cnn2[c]([AlH2])cnc2c1. The van der Waals surface area contributed by atoms with Crippen molar-refractivity contribution in [3.8, 4) is 0 Å². The van der Waals surface area contributed by atoms with Crippen LogP contribution in [-0.2, 0) is 0 Å². The lowest BCUT2D eigenvalue weighted by Crippen LogP contribution is -2.15. The summed E-state index contributed by atoms with van der Waals surface area (Å²) in [6, 6.07) is 2.10. The van der Waals surface area contributed by atoms with Gasteiger partial charge in [0.05, 0.1) is 0 Å². The average Bonchev–Trinajstić information content (AvgIpc) is 2.32. The highest BCUT2D eigenvalue weighted by Crippen LogP contribution is 1.89. The third kappa shape index (κ3) is 1.22. The van der Waals surface area contributed by atoms with E-state index in [1.807, 2.05) is 16.9 Å². The molecule has 2 aromatic heterocycles. The van der Waals surface area contributed by atoms with E-state index in [4.69, 9.17) is 0 Å². The second kappa shape index (κ2) is 2.62. The second-order valence-electron chi connectivity index (χ2n) is 2.70. The Kier molecular flexibility index (Phi) is 1.75. The molecule has 0 aromatic carbocycles. The van der Waals surface area contributed by atoms with E-state index >= 15 is 0 Å². The number of fused-ring (bicyclic) bond motifs is 1. The number of imidazole rings is 1. The Hall–Kier alpha value is -0.315. The fraction of sp³-hybridized carbons (Fsp3) is 0. The van der Waals surface area contributed by atoms with Crippen LogP contribution in [0, 0.1) is 0 Å². The zero-order chi connectivity index (χ0) is 7.84. The predicted octanol–water partition coefficient (Wildman–Crippen LogP) is -2.75. The average molecular weight is 175 g/mol. The van der Waals surface area contributed by atoms with Gasteiger partial charge in [0.15, 0.2) is 5.65 Å². The molecule has 0 aliphatic rings. The summed E-state index contributed by atoms with van der Waals surface area (Å²) in [6.07, 6.45) is 3.82. The number of nitrogens with zero attached hydrogens (tertiary/aromatic N) is 3. The van der Waals surface area contributed by atoms with Gasteiger partial charge in [0.25, 0.3) is 32.6 Å². The molecule has 3 nitrogen and oxygen atoms in total. The van der Waals surface area contributed by atoms with E-state index in [0.29, 0.717) is 0 Å². The summed E-state index contributed by atoms with van der Waals surface area (Å²) in [5, 5.41) is 4.26. The van der Waals surface area contributed by atoms with Crippen LogP contribution in [0.5, 0.6) is 0 Å². The first-order chi connectivity index (χ1) is 5.27. The number of hydrogen-bond acceptors (Lipinski definition) is 2. The Morgan fingerprint density at radius 3 is 2.91 bits per heavy atom. The molecule has 52 valence electrons. The fourth-order valence-electron chi connectivity index (χ4n) is 1.09. The first kappa shape index (κ1) is 7.34. The van der Waals surface area contributed by atoms with Gasteiger partial charge in [0.1, 0.15) is 0 Å². The molecule has 2 rings (SSSR count). The normalized spacial score (nSPS) is 10.5. The Labute approximate surface area is 80.3 Å². The Morgan fingerprint density at radius 1 is 1.27 bits per heavy atom. The number of aromatic nitrogens is 3. The monoisotopic (exact) mass is 175 g/mol. The second-order valence-corrected chi connectivity index (χ2v) is 4.88. The molecule has 0 saturated heterocycles. The van der Waals surface area contributed by atoms with E-state index in [1.165, 1.54) is 8.98 Å². The van der Waals surface area contributed by atoms with E-state index in [2.05, 4.69) is 16.1 Å². The minimum Gasteiger partial charge on any atom is -0.237 e. The van der Waals surface area contributed by atoms with Crippen LogP contribution < -0.4 is 8.98 Å². The zero-order valence-corrected chi connectivity index (χ0v) is 10.6. The van der Waals surface area contributed by atoms with Crippen LogP contribution in [0.15, 0.2) is 18.5 Å². The fourth-order valence-corrected chi connectivity index (χ4v) is 1.94. The molecule has 11 heavy (non-hydrogen) atoms. The molecule has 0 amide bonds. The van der Waals surface area contributed by atoms with Gasteiger partial charge in [-0.15, -0.1) is 0 Å². The van der Waals surface area contributed by atoms with Crippen molar-refractivity contribution < 1.29 is 0 Å². The van der Waals surface area contributed by atoms with Crippen LogP contribution in [0.4, 0.5) is 0 Å². The van der Waals surface area contributed by atoms with Crippen molar-refractivity contribution in [1.82, 2.24) is 14.6 Å². The van der Waals surface area contributed by atoms with Gasteiger partial charge in [-0.1, -0.05) is 4.43 Å². The molecule has 5 heteroatoms. The molecule has 0 unspecified atom stereocenters. The van der Waals surface area contributed by atoms with Crippen LogP contribution in [-0.4, -0.2) is 47.2 Å². The first-order valence-corrected chi connectivity index (χ1v) is 5.54. The van der Waals surface area contributed by atoms with Gasteiger partial charge in [-0.05, 0) is 10.6 Å². The van der Waals surface area contributed by atoms with Gasteiger partial charge < -0.3 is 0 Å². The van der Waals surface area contributed by atoms with E-state index in [-0.39, 0.29) is 0 Å². The van der Waals surface area contributed by atoms with Gasteiger partial charge in [-0.2, -0.15) is 5.10 Å². The summed E-state index contributed by atoms with van der Waals surface area (Å²) < 4.78 is 4.43. The summed E-state index contributed by atoms with van der Waals surface area (Å²) in [7, 11) is 0. The van der Waals surface area contributed by atoms with Crippen molar-refractivity contribution in [2.45, 2.75) is 0 Å². The zero-order valence-electron chi connectivity index (χ0n) is 6.57. The van der Waals surface area contributed by atoms with E-state index < -0.39 is 0 Å². The summed E-state index contributed by atoms with van der Waals surface area (Å²) in [5.41, 5.74) is 0.988. The van der Waals surface area contributed by atoms with Crippen LogP contribution in [0.1, 0.15) is 0 Å². The van der Waals surface area contributed by atoms with E-state index in [0.717, 1.165) is 38.2 Å². The smallest absolute Gasteiger partial charge is 0.237 e. The molecular weight excluding hydrogens is 168 g/mol. The lowest BCUT2D eigenvalue weighted by molar-refractivity contribution is 0.965. The Bertz CT molecular complexity index is 396. The summed E-state index contributed by atoms with van der Waals surface area (Å²) in [4.78, 5) is 4.24. The first-order valence-electron chi connectivity index (χ1n) is 3.54. The van der Waals surface area contributed by atoms with E-state index in [1.54, 1.807) is 0 Å². The minimum atomic E-state index is 0.988. The molecule has 0 aliphatic carbocycles. The third-order valence-corrected chi connectivity index (χ3v) is 2.90. The van der Waals surface area contributed by atoms with Gasteiger partial charge in [-0.3, -0.25) is 0 Å². The maximum atomic E-state index is 4.26. The molecular formula is C6H7Al2N3. The molecule has 0 radical (unpaired) electrons. The summed E-state index contributed by atoms with van der Waals surface area (Å²) in [6.45, 7) is 0. The van der Waals surface area contributed by atoms with Gasteiger partial charge in [-0.25, -0.2) is 9.50 Å². The van der Waals surface area contributed by atoms with Crippen molar-refractivity contribution in [2.24, 2.45) is 0 Å². The highest BCUT2D eigenvalue weighted by Gasteiger charge is 1.97. The molecule has 0 aliphatic heterocycles. The largest absolute Gasteiger partial charge is 0.292 e. The van der Waals surface area contributed by atoms with E-state index in [9.17, 15) is 0 Å². The van der Waals surface area contributed by atoms with Crippen molar-refractivity contribution >= 4 is 47.2 Å². The molecule has 0 spiro atoms. The van der Waals surface area contributed by atoms with Gasteiger partial charge in [0, 0.05) is 12.4 Å². The summed E-state index contributed by atoms with van der Waals surface area (Å²) in [5.74, 6) is 0. The Balaban J connectivity index is 2.86. The van der Waals surface area contributed by atoms with Crippen molar-refractivity contribution in [3.05, 3.63) is 18.5 Å². The predicted molar refractivity (Wildman–Crippen MR) is 49.3 cm³/mol.